The van der Waals surface area contributed by atoms with E-state index in [2.05, 4.69) is 47.2 Å². The van der Waals surface area contributed by atoms with Crippen LogP contribution < -0.4 is 5.32 Å². The molecule has 2 aliphatic heterocycles. The van der Waals surface area contributed by atoms with Crippen molar-refractivity contribution < 1.29 is 19.1 Å². The average Bonchev–Trinajstić information content (AvgIpc) is 3.37. The van der Waals surface area contributed by atoms with E-state index in [0.29, 0.717) is 23.1 Å². The Labute approximate surface area is 243 Å². The van der Waals surface area contributed by atoms with Crippen molar-refractivity contribution in [3.8, 4) is 6.07 Å². The van der Waals surface area contributed by atoms with E-state index in [1.165, 1.54) is 12.5 Å². The number of nitrogens with zero attached hydrogens (tertiary/aromatic N) is 1. The Kier molecular flexibility index (Phi) is 5.56. The number of hydrogen-bond acceptors (Lipinski definition) is 6. The van der Waals surface area contributed by atoms with Gasteiger partial charge in [0.25, 0.3) is 5.91 Å². The summed E-state index contributed by atoms with van der Waals surface area (Å²) in [5, 5.41) is 22.2. The first-order valence-corrected chi connectivity index (χ1v) is 15.2. The maximum absolute atomic E-state index is 13.9. The predicted octanol–water partition coefficient (Wildman–Crippen LogP) is 6.54. The molecule has 8 atom stereocenters. The van der Waals surface area contributed by atoms with Crippen molar-refractivity contribution in [3.63, 3.8) is 0 Å². The zero-order valence-electron chi connectivity index (χ0n) is 23.1. The first-order valence-electron chi connectivity index (χ1n) is 14.4. The standard InChI is InChI=1S/C32H34BrN3O4/c1-16(37)39-18-9-11-30(2)17(13-18)7-8-19-21(30)10-12-31(3)22(19)14-23-26(31)20(15-34)28(35)40-32(23)27-24(33)5-4-6-25(27)36-29(32)38/h4-7,18-19,21-23,35H,8-14H2,1-3H3,(H,36,38)/t18-,19?,21?,22?,23?,30-,31-,32?/m0/s1. The van der Waals surface area contributed by atoms with Gasteiger partial charge in [0.2, 0.25) is 11.5 Å². The second-order valence-electron chi connectivity index (χ2n) is 13.2. The number of nitriles is 1. The SMILES string of the molecule is CC(=O)O[C@H]1CC[C@@]2(C)C(=CCC3C2CC[C@]2(C)C4=C(C#N)C(=N)OC5(C(=O)Nc6cccc(Br)c65)C4CC32)C1. The number of hydrogen-bond donors (Lipinski definition) is 2. The Morgan fingerprint density at radius 3 is 2.75 bits per heavy atom. The predicted molar refractivity (Wildman–Crippen MR) is 152 cm³/mol. The van der Waals surface area contributed by atoms with E-state index in [1.54, 1.807) is 0 Å². The fraction of sp³-hybridized carbons (Fsp3) is 0.562. The number of carbonyl (C=O) groups is 2. The summed E-state index contributed by atoms with van der Waals surface area (Å²) >= 11 is 3.68. The third-order valence-corrected chi connectivity index (χ3v) is 12.2. The van der Waals surface area contributed by atoms with E-state index in [9.17, 15) is 14.9 Å². The van der Waals surface area contributed by atoms with Crippen LogP contribution in [-0.2, 0) is 24.7 Å². The number of esters is 1. The molecule has 1 aromatic rings. The number of ether oxygens (including phenoxy) is 2. The molecule has 2 heterocycles. The van der Waals surface area contributed by atoms with E-state index in [1.807, 2.05) is 18.2 Å². The van der Waals surface area contributed by atoms with Gasteiger partial charge in [-0.05, 0) is 84.8 Å². The van der Waals surface area contributed by atoms with Gasteiger partial charge in [0.15, 0.2) is 0 Å². The molecule has 208 valence electrons. The lowest BCUT2D eigenvalue weighted by molar-refractivity contribution is -0.148. The molecule has 1 spiro atoms. The Hall–Kier alpha value is -2.92. The summed E-state index contributed by atoms with van der Waals surface area (Å²) in [5.74, 6) is 0.187. The number of anilines is 1. The number of benzene rings is 1. The topological polar surface area (TPSA) is 112 Å². The van der Waals surface area contributed by atoms with Crippen LogP contribution in [0.2, 0.25) is 0 Å². The lowest BCUT2D eigenvalue weighted by atomic mass is 9.47. The third kappa shape index (κ3) is 3.19. The van der Waals surface area contributed by atoms with E-state index in [0.717, 1.165) is 60.6 Å². The minimum Gasteiger partial charge on any atom is -0.462 e. The molecule has 5 unspecified atom stereocenters. The van der Waals surface area contributed by atoms with Crippen LogP contribution in [0.15, 0.2) is 45.5 Å². The summed E-state index contributed by atoms with van der Waals surface area (Å²) in [4.78, 5) is 25.5. The number of carbonyl (C=O) groups excluding carboxylic acids is 2. The van der Waals surface area contributed by atoms with Crippen molar-refractivity contribution in [2.45, 2.75) is 77.4 Å². The molecule has 7 nitrogen and oxygen atoms in total. The van der Waals surface area contributed by atoms with Gasteiger partial charge in [-0.3, -0.25) is 15.0 Å². The summed E-state index contributed by atoms with van der Waals surface area (Å²) in [7, 11) is 0. The van der Waals surface area contributed by atoms with Gasteiger partial charge in [-0.25, -0.2) is 0 Å². The molecular weight excluding hydrogens is 570 g/mol. The molecule has 0 radical (unpaired) electrons. The number of fused-ring (bicyclic) bond motifs is 10. The Balaban J connectivity index is 1.32. The molecule has 8 heteroatoms. The first-order chi connectivity index (χ1) is 19.0. The lowest BCUT2D eigenvalue weighted by Crippen LogP contribution is -2.51. The molecule has 0 aromatic heterocycles. The van der Waals surface area contributed by atoms with Crippen molar-refractivity contribution in [2.24, 2.45) is 34.5 Å². The average molecular weight is 605 g/mol. The Morgan fingerprint density at radius 1 is 1.23 bits per heavy atom. The fourth-order valence-electron chi connectivity index (χ4n) is 9.93. The van der Waals surface area contributed by atoms with E-state index in [-0.39, 0.29) is 46.5 Å². The van der Waals surface area contributed by atoms with Crippen molar-refractivity contribution in [1.82, 2.24) is 0 Å². The van der Waals surface area contributed by atoms with E-state index >= 15 is 0 Å². The number of rotatable bonds is 1. The molecule has 7 rings (SSSR count). The van der Waals surface area contributed by atoms with Crippen LogP contribution in [0.25, 0.3) is 0 Å². The zero-order chi connectivity index (χ0) is 28.2. The van der Waals surface area contributed by atoms with Crippen LogP contribution in [0, 0.1) is 51.2 Å². The van der Waals surface area contributed by atoms with Crippen LogP contribution >= 0.6 is 15.9 Å². The van der Waals surface area contributed by atoms with Crippen molar-refractivity contribution >= 4 is 39.4 Å². The summed E-state index contributed by atoms with van der Waals surface area (Å²) in [6.45, 7) is 6.17. The smallest absolute Gasteiger partial charge is 0.302 e. The van der Waals surface area contributed by atoms with Gasteiger partial charge in [0.1, 0.15) is 17.7 Å². The molecule has 0 bridgehead atoms. The van der Waals surface area contributed by atoms with Crippen LogP contribution in [0.5, 0.6) is 0 Å². The number of amides is 1. The van der Waals surface area contributed by atoms with Crippen LogP contribution in [0.3, 0.4) is 0 Å². The monoisotopic (exact) mass is 603 g/mol. The lowest BCUT2D eigenvalue weighted by Gasteiger charge is -2.57. The molecule has 1 amide bonds. The highest BCUT2D eigenvalue weighted by Crippen LogP contribution is 2.71. The van der Waals surface area contributed by atoms with Crippen molar-refractivity contribution in [2.75, 3.05) is 5.32 Å². The van der Waals surface area contributed by atoms with Crippen LogP contribution in [0.4, 0.5) is 5.69 Å². The van der Waals surface area contributed by atoms with Gasteiger partial charge in [0, 0.05) is 35.0 Å². The molecule has 3 fully saturated rings. The number of halogens is 1. The first kappa shape index (κ1) is 26.0. The Morgan fingerprint density at radius 2 is 2.00 bits per heavy atom. The summed E-state index contributed by atoms with van der Waals surface area (Å²) in [5.41, 5.74) is 2.54. The highest BCUT2D eigenvalue weighted by molar-refractivity contribution is 9.10. The second-order valence-corrected chi connectivity index (χ2v) is 14.0. The molecule has 6 aliphatic rings. The van der Waals surface area contributed by atoms with Gasteiger partial charge in [0.05, 0.1) is 0 Å². The van der Waals surface area contributed by atoms with Gasteiger partial charge >= 0.3 is 5.97 Å². The highest BCUT2D eigenvalue weighted by Gasteiger charge is 2.69. The Bertz CT molecular complexity index is 1490. The fourth-order valence-corrected chi connectivity index (χ4v) is 10.6. The third-order valence-electron chi connectivity index (χ3n) is 11.6. The molecule has 2 N–H and O–H groups in total. The molecular formula is C32H34BrN3O4. The van der Waals surface area contributed by atoms with Crippen molar-refractivity contribution in [1.29, 1.82) is 10.7 Å². The largest absolute Gasteiger partial charge is 0.462 e. The molecule has 1 aromatic carbocycles. The van der Waals surface area contributed by atoms with E-state index < -0.39 is 5.60 Å². The van der Waals surface area contributed by atoms with Crippen LogP contribution in [-0.4, -0.2) is 23.9 Å². The number of nitrogens with one attached hydrogen (secondary N) is 2. The maximum atomic E-state index is 13.9. The highest BCUT2D eigenvalue weighted by atomic mass is 79.9. The van der Waals surface area contributed by atoms with Gasteiger partial charge < -0.3 is 14.8 Å². The second kappa shape index (κ2) is 8.55. The minimum atomic E-state index is -1.36. The van der Waals surface area contributed by atoms with Crippen molar-refractivity contribution in [3.05, 3.63) is 51.0 Å². The summed E-state index contributed by atoms with van der Waals surface area (Å²) < 4.78 is 12.7. The summed E-state index contributed by atoms with van der Waals surface area (Å²) in [6.07, 6.45) is 8.70. The zero-order valence-corrected chi connectivity index (χ0v) is 24.7. The molecule has 3 saturated carbocycles. The maximum Gasteiger partial charge on any atom is 0.302 e. The molecule has 4 aliphatic carbocycles. The minimum absolute atomic E-state index is 0.0395. The van der Waals surface area contributed by atoms with E-state index in [4.69, 9.17) is 14.9 Å². The summed E-state index contributed by atoms with van der Waals surface area (Å²) in [6, 6.07) is 8.00. The van der Waals surface area contributed by atoms with Gasteiger partial charge in [-0.2, -0.15) is 5.26 Å². The normalized spacial score (nSPS) is 41.0. The quantitative estimate of drug-likeness (QED) is 0.279. The van der Waals surface area contributed by atoms with Crippen LogP contribution in [0.1, 0.15) is 71.3 Å². The number of allylic oxidation sites excluding steroid dienone is 1. The van der Waals surface area contributed by atoms with Gasteiger partial charge in [-0.1, -0.05) is 47.5 Å². The molecule has 0 saturated heterocycles. The van der Waals surface area contributed by atoms with Gasteiger partial charge in [-0.15, -0.1) is 0 Å². The molecule has 40 heavy (non-hydrogen) atoms.